The van der Waals surface area contributed by atoms with Crippen LogP contribution in [0.15, 0.2) is 51.7 Å². The molecule has 4 rings (SSSR count). The van der Waals surface area contributed by atoms with Gasteiger partial charge < -0.3 is 4.42 Å². The molecule has 24 heavy (non-hydrogen) atoms. The van der Waals surface area contributed by atoms with E-state index in [1.807, 2.05) is 48.4 Å². The lowest BCUT2D eigenvalue weighted by atomic mass is 9.88. The Kier molecular flexibility index (Phi) is 3.09. The first-order chi connectivity index (χ1) is 11.4. The van der Waals surface area contributed by atoms with Gasteiger partial charge in [-0.15, -0.1) is 0 Å². The van der Waals surface area contributed by atoms with E-state index in [-0.39, 0.29) is 11.2 Å². The number of rotatable bonds is 1. The van der Waals surface area contributed by atoms with Crippen LogP contribution in [0.4, 0.5) is 5.69 Å². The molecule has 0 radical (unpaired) electrons. The van der Waals surface area contributed by atoms with Crippen LogP contribution in [0.5, 0.6) is 0 Å². The number of para-hydroxylation sites is 1. The van der Waals surface area contributed by atoms with Gasteiger partial charge in [0.2, 0.25) is 0 Å². The highest BCUT2D eigenvalue weighted by Gasteiger charge is 2.33. The van der Waals surface area contributed by atoms with Crippen LogP contribution in [-0.2, 0) is 4.84 Å². The summed E-state index contributed by atoms with van der Waals surface area (Å²) in [6.07, 6.45) is 2.12. The summed E-state index contributed by atoms with van der Waals surface area (Å²) < 4.78 is 5.57. The molecule has 2 heterocycles. The third-order valence-electron chi connectivity index (χ3n) is 4.66. The summed E-state index contributed by atoms with van der Waals surface area (Å²) in [5.74, 6) is 0. The summed E-state index contributed by atoms with van der Waals surface area (Å²) in [5.41, 5.74) is 2.82. The summed E-state index contributed by atoms with van der Waals surface area (Å²) in [4.78, 5) is 18.3. The summed E-state index contributed by atoms with van der Waals surface area (Å²) in [6.45, 7) is 6.19. The van der Waals surface area contributed by atoms with Gasteiger partial charge in [0.15, 0.2) is 0 Å². The fraction of sp³-hybridized carbons (Fsp3) is 0.250. The second kappa shape index (κ2) is 4.95. The highest BCUT2D eigenvalue weighted by molar-refractivity contribution is 6.10. The summed E-state index contributed by atoms with van der Waals surface area (Å²) in [5, 5.41) is 4.29. The molecule has 0 fully saturated rings. The molecule has 0 amide bonds. The number of allylic oxidation sites excluding steroid dienone is 1. The fourth-order valence-electron chi connectivity index (χ4n) is 3.83. The van der Waals surface area contributed by atoms with Crippen molar-refractivity contribution in [3.8, 4) is 0 Å². The number of fused-ring (bicyclic) bond motifs is 5. The molecular weight excluding hydrogens is 302 g/mol. The van der Waals surface area contributed by atoms with E-state index in [1.165, 1.54) is 0 Å². The predicted molar refractivity (Wildman–Crippen MR) is 97.2 cm³/mol. The molecule has 0 saturated heterocycles. The van der Waals surface area contributed by atoms with E-state index >= 15 is 0 Å². The molecule has 0 spiro atoms. The molecule has 1 aliphatic heterocycles. The lowest BCUT2D eigenvalue weighted by Crippen LogP contribution is -2.44. The smallest absolute Gasteiger partial charge is 0.344 e. The number of benzene rings is 2. The Labute approximate surface area is 139 Å². The fourth-order valence-corrected chi connectivity index (χ4v) is 3.83. The summed E-state index contributed by atoms with van der Waals surface area (Å²) in [6, 6.07) is 11.6. The van der Waals surface area contributed by atoms with Crippen molar-refractivity contribution < 1.29 is 9.25 Å². The van der Waals surface area contributed by atoms with Crippen LogP contribution in [0, 0.1) is 0 Å². The molecule has 1 aromatic heterocycles. The first-order valence-corrected chi connectivity index (χ1v) is 7.97. The Morgan fingerprint density at radius 2 is 1.83 bits per heavy atom. The SMILES string of the molecule is CON1c2ccc3c(c2C(C)=CC1(C)C)c(=O)oc1ccccc13. The standard InChI is InChI=1S/C20H19NO3/c1-12-11-20(2,3)21(23-4)15-10-9-14-13-7-5-6-8-16(13)24-19(22)18(14)17(12)15/h5-11H,1-4H3. The largest absolute Gasteiger partial charge is 0.422 e. The van der Waals surface area contributed by atoms with Crippen molar-refractivity contribution in [2.24, 2.45) is 0 Å². The van der Waals surface area contributed by atoms with Gasteiger partial charge in [0.05, 0.1) is 23.7 Å². The van der Waals surface area contributed by atoms with Gasteiger partial charge in [-0.25, -0.2) is 9.86 Å². The second-order valence-corrected chi connectivity index (χ2v) is 6.73. The van der Waals surface area contributed by atoms with E-state index in [0.717, 1.165) is 27.6 Å². The number of nitrogens with zero attached hydrogens (tertiary/aromatic N) is 1. The molecule has 2 aromatic carbocycles. The molecule has 0 atom stereocenters. The van der Waals surface area contributed by atoms with Crippen molar-refractivity contribution in [2.75, 3.05) is 12.2 Å². The first kappa shape index (κ1) is 15.0. The minimum atomic E-state index is -0.316. The van der Waals surface area contributed by atoms with E-state index in [2.05, 4.69) is 19.9 Å². The van der Waals surface area contributed by atoms with Gasteiger partial charge >= 0.3 is 5.63 Å². The molecule has 122 valence electrons. The zero-order chi connectivity index (χ0) is 17.1. The van der Waals surface area contributed by atoms with Crippen LogP contribution in [0.3, 0.4) is 0 Å². The minimum absolute atomic E-state index is 0.295. The van der Waals surface area contributed by atoms with Crippen molar-refractivity contribution in [1.29, 1.82) is 0 Å². The molecule has 3 aromatic rings. The predicted octanol–water partition coefficient (Wildman–Crippen LogP) is 4.51. The van der Waals surface area contributed by atoms with Gasteiger partial charge in [0, 0.05) is 16.3 Å². The van der Waals surface area contributed by atoms with Crippen LogP contribution in [0.1, 0.15) is 26.3 Å². The van der Waals surface area contributed by atoms with E-state index in [1.54, 1.807) is 7.11 Å². The van der Waals surface area contributed by atoms with Crippen molar-refractivity contribution in [3.63, 3.8) is 0 Å². The monoisotopic (exact) mass is 321 g/mol. The number of hydrogen-bond acceptors (Lipinski definition) is 4. The van der Waals surface area contributed by atoms with Crippen molar-refractivity contribution >= 4 is 33.0 Å². The highest BCUT2D eigenvalue weighted by Crippen LogP contribution is 2.42. The van der Waals surface area contributed by atoms with E-state index in [0.29, 0.717) is 11.0 Å². The topological polar surface area (TPSA) is 42.7 Å². The Morgan fingerprint density at radius 1 is 1.08 bits per heavy atom. The van der Waals surface area contributed by atoms with Gasteiger partial charge in [-0.1, -0.05) is 30.3 Å². The molecule has 4 nitrogen and oxygen atoms in total. The Morgan fingerprint density at radius 3 is 2.58 bits per heavy atom. The molecule has 0 aliphatic carbocycles. The minimum Gasteiger partial charge on any atom is -0.422 e. The second-order valence-electron chi connectivity index (χ2n) is 6.73. The lowest BCUT2D eigenvalue weighted by Gasteiger charge is -2.41. The molecular formula is C20H19NO3. The zero-order valence-corrected chi connectivity index (χ0v) is 14.2. The first-order valence-electron chi connectivity index (χ1n) is 7.97. The van der Waals surface area contributed by atoms with Gasteiger partial charge in [-0.05, 0) is 38.5 Å². The third-order valence-corrected chi connectivity index (χ3v) is 4.66. The van der Waals surface area contributed by atoms with Gasteiger partial charge in [-0.3, -0.25) is 4.84 Å². The van der Waals surface area contributed by atoms with E-state index in [4.69, 9.17) is 9.25 Å². The van der Waals surface area contributed by atoms with Gasteiger partial charge in [0.25, 0.3) is 0 Å². The maximum Gasteiger partial charge on any atom is 0.344 e. The highest BCUT2D eigenvalue weighted by atomic mass is 16.7. The van der Waals surface area contributed by atoms with Crippen molar-refractivity contribution in [3.05, 3.63) is 58.5 Å². The van der Waals surface area contributed by atoms with Crippen molar-refractivity contribution in [1.82, 2.24) is 0 Å². The Balaban J connectivity index is 2.20. The van der Waals surface area contributed by atoms with E-state index < -0.39 is 0 Å². The van der Waals surface area contributed by atoms with Gasteiger partial charge in [-0.2, -0.15) is 0 Å². The molecule has 0 unspecified atom stereocenters. The maximum atomic E-state index is 12.7. The van der Waals surface area contributed by atoms with Crippen LogP contribution in [0.25, 0.3) is 27.3 Å². The number of hydroxylamine groups is 1. The molecule has 4 heteroatoms. The summed E-state index contributed by atoms with van der Waals surface area (Å²) >= 11 is 0. The average molecular weight is 321 g/mol. The maximum absolute atomic E-state index is 12.7. The Bertz CT molecular complexity index is 1060. The lowest BCUT2D eigenvalue weighted by molar-refractivity contribution is 0.124. The van der Waals surface area contributed by atoms with E-state index in [9.17, 15) is 4.79 Å². The van der Waals surface area contributed by atoms with Crippen LogP contribution in [0.2, 0.25) is 0 Å². The van der Waals surface area contributed by atoms with Crippen molar-refractivity contribution in [2.45, 2.75) is 26.3 Å². The summed E-state index contributed by atoms with van der Waals surface area (Å²) in [7, 11) is 1.65. The average Bonchev–Trinajstić information content (AvgIpc) is 2.53. The third kappa shape index (κ3) is 1.93. The van der Waals surface area contributed by atoms with Crippen LogP contribution in [-0.4, -0.2) is 12.6 Å². The van der Waals surface area contributed by atoms with Crippen LogP contribution >= 0.6 is 0 Å². The normalized spacial score (nSPS) is 16.3. The van der Waals surface area contributed by atoms with Crippen LogP contribution < -0.4 is 10.7 Å². The van der Waals surface area contributed by atoms with Gasteiger partial charge in [0.1, 0.15) is 5.58 Å². The molecule has 0 bridgehead atoms. The molecule has 0 saturated carbocycles. The quantitative estimate of drug-likeness (QED) is 0.488. The molecule has 0 N–H and O–H groups in total. The number of hydrogen-bond donors (Lipinski definition) is 0. The number of anilines is 1. The Hall–Kier alpha value is -2.59. The molecule has 1 aliphatic rings. The zero-order valence-electron chi connectivity index (χ0n) is 14.2.